The summed E-state index contributed by atoms with van der Waals surface area (Å²) in [5, 5.41) is 20.7. The average Bonchev–Trinajstić information content (AvgIpc) is 3.48. The highest BCUT2D eigenvalue weighted by Gasteiger charge is 2.55. The Labute approximate surface area is 481 Å². The first kappa shape index (κ1) is 66.4. The minimum Gasteiger partial charge on any atom is -0.493 e. The molecular formula is C57H86Cl2N4O17. The molecular weight excluding hydrogens is 1080 g/mol. The predicted octanol–water partition coefficient (Wildman–Crippen LogP) is 8.11. The van der Waals surface area contributed by atoms with Crippen molar-refractivity contribution in [3.8, 4) is 11.5 Å². The number of rotatable bonds is 18. The van der Waals surface area contributed by atoms with Crippen LogP contribution in [0.2, 0.25) is 10.0 Å². The zero-order valence-corrected chi connectivity index (χ0v) is 50.7. The number of halogens is 2. The predicted molar refractivity (Wildman–Crippen MR) is 297 cm³/mol. The maximum atomic E-state index is 15.1. The molecule has 0 unspecified atom stereocenters. The molecule has 4 N–H and O–H groups in total. The summed E-state index contributed by atoms with van der Waals surface area (Å²) < 4.78 is 69.1. The summed E-state index contributed by atoms with van der Waals surface area (Å²) in [7, 11) is 6.23. The Bertz CT molecular complexity index is 2420. The van der Waals surface area contributed by atoms with Crippen LogP contribution in [0, 0.1) is 29.6 Å². The Morgan fingerprint density at radius 2 is 1.52 bits per heavy atom. The summed E-state index contributed by atoms with van der Waals surface area (Å²) in [6.45, 7) is 21.0. The van der Waals surface area contributed by atoms with E-state index in [-0.39, 0.29) is 83.8 Å². The van der Waals surface area contributed by atoms with Crippen LogP contribution >= 0.6 is 23.2 Å². The summed E-state index contributed by atoms with van der Waals surface area (Å²) in [6.07, 6.45) is -5.38. The second-order valence-electron chi connectivity index (χ2n) is 22.2. The van der Waals surface area contributed by atoms with E-state index in [9.17, 15) is 24.3 Å². The first-order chi connectivity index (χ1) is 37.6. The van der Waals surface area contributed by atoms with E-state index in [0.717, 1.165) is 0 Å². The molecule has 4 heterocycles. The number of carbonyl (C=O) groups excluding carboxylic acids is 5. The Morgan fingerprint density at radius 1 is 0.875 bits per heavy atom. The van der Waals surface area contributed by atoms with Gasteiger partial charge in [-0.25, -0.2) is 4.79 Å². The fourth-order valence-electron chi connectivity index (χ4n) is 11.4. The number of amides is 2. The molecule has 23 heteroatoms. The number of aromatic nitrogens is 1. The molecule has 0 aliphatic carbocycles. The number of nitrogens with one attached hydrogen (secondary N) is 3. The number of hydrogen-bond donors (Lipinski definition) is 4. The first-order valence-electron chi connectivity index (χ1n) is 27.5. The van der Waals surface area contributed by atoms with Gasteiger partial charge in [-0.2, -0.15) is 0 Å². The van der Waals surface area contributed by atoms with Crippen molar-refractivity contribution in [2.24, 2.45) is 29.6 Å². The second kappa shape index (κ2) is 28.7. The smallest absolute Gasteiger partial charge is 0.407 e. The van der Waals surface area contributed by atoms with Crippen molar-refractivity contribution >= 4 is 58.6 Å². The number of aliphatic hydroxyl groups excluding tert-OH is 1. The third kappa shape index (κ3) is 15.6. The molecule has 5 rings (SSSR count). The van der Waals surface area contributed by atoms with Crippen molar-refractivity contribution in [1.29, 1.82) is 0 Å². The van der Waals surface area contributed by atoms with Crippen LogP contribution in [0.4, 0.5) is 10.5 Å². The number of pyridine rings is 1. The normalized spacial score (nSPS) is 35.5. The maximum absolute atomic E-state index is 15.1. The number of hydrogen-bond acceptors (Lipinski definition) is 19. The van der Waals surface area contributed by atoms with Crippen LogP contribution in [0.25, 0.3) is 0 Å². The Kier molecular flexibility index (Phi) is 23.8. The van der Waals surface area contributed by atoms with Crippen LogP contribution in [-0.4, -0.2) is 159 Å². The minimum atomic E-state index is -1.59. The fourth-order valence-corrected chi connectivity index (χ4v) is 11.9. The first-order valence-corrected chi connectivity index (χ1v) is 28.2. The molecule has 0 spiro atoms. The van der Waals surface area contributed by atoms with E-state index in [0.29, 0.717) is 12.2 Å². The quantitative estimate of drug-likeness (QED) is 0.0624. The van der Waals surface area contributed by atoms with Gasteiger partial charge < -0.3 is 73.2 Å². The number of alkyl carbamates (subject to hydrolysis) is 1. The summed E-state index contributed by atoms with van der Waals surface area (Å²) in [5.41, 5.74) is -3.57. The van der Waals surface area contributed by atoms with Gasteiger partial charge in [0.1, 0.15) is 23.6 Å². The van der Waals surface area contributed by atoms with E-state index < -0.39 is 120 Å². The van der Waals surface area contributed by atoms with Gasteiger partial charge in [0.25, 0.3) is 5.91 Å². The largest absolute Gasteiger partial charge is 0.493 e. The lowest BCUT2D eigenvalue weighted by molar-refractivity contribution is -0.318. The van der Waals surface area contributed by atoms with Crippen LogP contribution in [0.3, 0.4) is 0 Å². The van der Waals surface area contributed by atoms with Crippen molar-refractivity contribution in [3.05, 3.63) is 46.2 Å². The van der Waals surface area contributed by atoms with Crippen LogP contribution in [0.15, 0.2) is 30.6 Å². The molecule has 3 aliphatic heterocycles. The minimum absolute atomic E-state index is 0.0706. The molecule has 2 amide bonds. The number of carbonyl (C=O) groups is 5. The molecule has 21 nitrogen and oxygen atoms in total. The van der Waals surface area contributed by atoms with E-state index in [1.807, 2.05) is 20.8 Å². The van der Waals surface area contributed by atoms with Gasteiger partial charge in [0.2, 0.25) is 0 Å². The van der Waals surface area contributed by atoms with Gasteiger partial charge in [-0.3, -0.25) is 24.2 Å². The number of aliphatic hydroxyl groups is 1. The zero-order valence-electron chi connectivity index (χ0n) is 49.2. The van der Waals surface area contributed by atoms with Crippen molar-refractivity contribution in [3.63, 3.8) is 0 Å². The van der Waals surface area contributed by atoms with Gasteiger partial charge in [0, 0.05) is 81.8 Å². The van der Waals surface area contributed by atoms with Crippen molar-refractivity contribution < 1.29 is 81.2 Å². The molecule has 3 fully saturated rings. The molecule has 80 heavy (non-hydrogen) atoms. The Hall–Kier alpha value is -4.42. The molecule has 0 radical (unpaired) electrons. The van der Waals surface area contributed by atoms with Crippen LogP contribution in [0.5, 0.6) is 11.5 Å². The van der Waals surface area contributed by atoms with Crippen molar-refractivity contribution in [2.75, 3.05) is 46.8 Å². The lowest BCUT2D eigenvalue weighted by Crippen LogP contribution is -2.61. The highest BCUT2D eigenvalue weighted by atomic mass is 35.5. The SMILES string of the molecule is CC[C@H]1OC(=O)[C@H](C)[C@@H](O[C@H]2C[C@@](C)(OC)[C@@H](OC(C)=O)[C@H](C)O2)[C@H](C)[C@@H](O[C@@H]2O[C@H](C)C[C@H](NC)[C@H]2O)[C@](C)(OC)C[C@@H](C)C(=O)[C@H](C)[C@@H](C)[C@]1(C)OC(=O)NCCCOc1cc(C(=O)Nc2c(Cl)cncc2Cl)ccc1OC. The van der Waals surface area contributed by atoms with E-state index >= 15 is 4.79 Å². The summed E-state index contributed by atoms with van der Waals surface area (Å²) >= 11 is 12.4. The van der Waals surface area contributed by atoms with E-state index in [1.165, 1.54) is 46.7 Å². The number of esters is 2. The maximum Gasteiger partial charge on any atom is 0.407 e. The number of ketones is 1. The standard InChI is InChI=1S/C57H86Cl2N4O17/c1-17-43-57(12,80-54(69)62-21-18-22-73-42-24-37(19-20-41(42)70-14)51(67)63-45-38(58)27-61-28-39(45)59)34(7)31(4)46(65)29(2)25-55(10,71-15)49(79-53-47(66)40(60-13)23-30(3)74-53)32(5)48(33(6)52(68)77-43)78-44-26-56(11,72-16)50(35(8)75-44)76-36(9)64/h19-20,24,27-35,40,43-44,47-50,53,60,66H,17-18,21-23,25-26H2,1-16H3,(H,62,69)(H,61,63,67)/t29-,30-,31-,32+,33-,34-,35+,40+,43-,44+,47-,48+,49-,50+,53+,55-,56-,57+/m1/s1. The second-order valence-corrected chi connectivity index (χ2v) is 23.0. The summed E-state index contributed by atoms with van der Waals surface area (Å²) in [4.78, 5) is 73.4. The number of ether oxygens (including phenoxy) is 11. The molecule has 3 aliphatic rings. The number of Topliss-reactive ketones (excluding diaryl/α,β-unsaturated/α-hetero) is 1. The van der Waals surface area contributed by atoms with Gasteiger partial charge >= 0.3 is 18.0 Å². The van der Waals surface area contributed by atoms with Gasteiger partial charge in [0.05, 0.1) is 65.4 Å². The molecule has 1 aromatic carbocycles. The number of cyclic esters (lactones) is 1. The molecule has 1 aromatic heterocycles. The van der Waals surface area contributed by atoms with Crippen LogP contribution in [0.1, 0.15) is 126 Å². The molecule has 450 valence electrons. The van der Waals surface area contributed by atoms with Crippen molar-refractivity contribution in [2.45, 2.75) is 193 Å². The highest BCUT2D eigenvalue weighted by molar-refractivity contribution is 6.39. The number of nitrogens with zero attached hydrogens (tertiary/aromatic N) is 1. The Balaban J connectivity index is 1.44. The number of benzene rings is 1. The number of methoxy groups -OCH3 is 3. The molecule has 0 saturated carbocycles. The van der Waals surface area contributed by atoms with Gasteiger partial charge in [-0.15, -0.1) is 0 Å². The molecule has 0 bridgehead atoms. The van der Waals surface area contributed by atoms with E-state index in [2.05, 4.69) is 20.9 Å². The van der Waals surface area contributed by atoms with Gasteiger partial charge in [0.15, 0.2) is 35.8 Å². The van der Waals surface area contributed by atoms with Crippen LogP contribution in [-0.2, 0) is 57.0 Å². The fraction of sp³-hybridized carbons (Fsp3) is 0.719. The van der Waals surface area contributed by atoms with Crippen molar-refractivity contribution in [1.82, 2.24) is 15.6 Å². The van der Waals surface area contributed by atoms with Gasteiger partial charge in [-0.1, -0.05) is 57.8 Å². The molecule has 3 saturated heterocycles. The topological polar surface area (TPSA) is 256 Å². The lowest BCUT2D eigenvalue weighted by atomic mass is 9.71. The van der Waals surface area contributed by atoms with Crippen LogP contribution < -0.4 is 25.4 Å². The average molecular weight is 1170 g/mol. The highest BCUT2D eigenvalue weighted by Crippen LogP contribution is 2.44. The monoisotopic (exact) mass is 1170 g/mol. The zero-order chi connectivity index (χ0) is 59.6. The summed E-state index contributed by atoms with van der Waals surface area (Å²) in [5.74, 6) is -5.38. The summed E-state index contributed by atoms with van der Waals surface area (Å²) in [6, 6.07) is 4.25. The number of anilines is 1. The third-order valence-electron chi connectivity index (χ3n) is 16.5. The molecule has 2 aromatic rings. The van der Waals surface area contributed by atoms with Gasteiger partial charge in [-0.05, 0) is 92.5 Å². The van der Waals surface area contributed by atoms with E-state index in [1.54, 1.807) is 74.6 Å². The van der Waals surface area contributed by atoms with E-state index in [4.69, 9.17) is 75.3 Å². The lowest BCUT2D eigenvalue weighted by Gasteiger charge is -2.50. The number of likely N-dealkylation sites (N-methyl/N-ethyl adjacent to an activating group) is 1. The third-order valence-corrected chi connectivity index (χ3v) is 17.1. The molecule has 18 atom stereocenters. The Morgan fingerprint density at radius 3 is 2.12 bits per heavy atom.